The second kappa shape index (κ2) is 80.7. The van der Waals surface area contributed by atoms with Gasteiger partial charge in [0.25, 0.3) is 0 Å². The van der Waals surface area contributed by atoms with Crippen molar-refractivity contribution in [3.8, 4) is 0 Å². The molecule has 0 amide bonds. The van der Waals surface area contributed by atoms with Gasteiger partial charge < -0.3 is 33.8 Å². The van der Waals surface area contributed by atoms with E-state index in [9.17, 15) is 43.2 Å². The Kier molecular flexibility index (Phi) is 79.2. The summed E-state index contributed by atoms with van der Waals surface area (Å²) in [5.74, 6) is -1.30. The molecule has 0 saturated carbocycles. The minimum atomic E-state index is -4.96. The molecule has 19 heteroatoms. The molecule has 0 rings (SSSR count). The van der Waals surface area contributed by atoms with Crippen molar-refractivity contribution in [2.45, 2.75) is 496 Å². The number of aliphatic hydroxyl groups excluding tert-OH is 1. The molecule has 636 valence electrons. The molecule has 0 saturated heterocycles. The van der Waals surface area contributed by atoms with E-state index in [0.717, 1.165) is 102 Å². The van der Waals surface area contributed by atoms with Gasteiger partial charge in [0.15, 0.2) is 12.2 Å². The van der Waals surface area contributed by atoms with Crippen molar-refractivity contribution >= 4 is 39.5 Å². The smallest absolute Gasteiger partial charge is 0.462 e. The van der Waals surface area contributed by atoms with E-state index in [4.69, 9.17) is 37.0 Å². The van der Waals surface area contributed by atoms with Gasteiger partial charge in [0.1, 0.15) is 19.3 Å². The first-order valence-electron chi connectivity index (χ1n) is 45.6. The van der Waals surface area contributed by atoms with E-state index >= 15 is 0 Å². The molecule has 0 radical (unpaired) electrons. The minimum Gasteiger partial charge on any atom is -0.462 e. The number of carbonyl (C=O) groups is 4. The van der Waals surface area contributed by atoms with Gasteiger partial charge in [-0.15, -0.1) is 0 Å². The Labute approximate surface area is 658 Å². The first kappa shape index (κ1) is 105. The zero-order valence-electron chi connectivity index (χ0n) is 70.3. The average Bonchev–Trinajstić information content (AvgIpc) is 0.905. The van der Waals surface area contributed by atoms with Crippen molar-refractivity contribution in [1.29, 1.82) is 0 Å². The Morgan fingerprint density at radius 2 is 0.430 bits per heavy atom. The number of phosphoric acid groups is 2. The van der Waals surface area contributed by atoms with Crippen molar-refractivity contribution < 1.29 is 80.2 Å². The maximum absolute atomic E-state index is 13.1. The lowest BCUT2D eigenvalue weighted by atomic mass is 10.0. The van der Waals surface area contributed by atoms with E-state index in [1.54, 1.807) is 0 Å². The van der Waals surface area contributed by atoms with Crippen LogP contribution in [-0.2, 0) is 65.4 Å². The Morgan fingerprint density at radius 3 is 0.636 bits per heavy atom. The van der Waals surface area contributed by atoms with Crippen molar-refractivity contribution in [3.05, 3.63) is 0 Å². The monoisotopic (exact) mass is 1560 g/mol. The van der Waals surface area contributed by atoms with Crippen LogP contribution in [0.2, 0.25) is 0 Å². The molecule has 17 nitrogen and oxygen atoms in total. The predicted octanol–water partition coefficient (Wildman–Crippen LogP) is 27.2. The lowest BCUT2D eigenvalue weighted by molar-refractivity contribution is -0.161. The van der Waals surface area contributed by atoms with E-state index in [-0.39, 0.29) is 25.7 Å². The summed E-state index contributed by atoms with van der Waals surface area (Å²) in [6.45, 7) is 7.31. The van der Waals surface area contributed by atoms with Gasteiger partial charge in [0, 0.05) is 25.7 Å². The second-order valence-electron chi connectivity index (χ2n) is 32.1. The Bertz CT molecular complexity index is 2030. The van der Waals surface area contributed by atoms with E-state index in [1.807, 2.05) is 0 Å². The van der Waals surface area contributed by atoms with Gasteiger partial charge in [-0.2, -0.15) is 0 Å². The first-order chi connectivity index (χ1) is 52.0. The molecule has 0 aliphatic carbocycles. The summed E-state index contributed by atoms with van der Waals surface area (Å²) in [7, 11) is -9.92. The Balaban J connectivity index is 5.08. The molecule has 0 spiro atoms. The molecule has 3 N–H and O–H groups in total. The number of unbranched alkanes of at least 4 members (excludes halogenated alkanes) is 60. The summed E-state index contributed by atoms with van der Waals surface area (Å²) < 4.78 is 68.7. The largest absolute Gasteiger partial charge is 0.472 e. The van der Waals surface area contributed by atoms with Gasteiger partial charge in [-0.05, 0) is 31.6 Å². The molecule has 0 heterocycles. The van der Waals surface area contributed by atoms with Crippen molar-refractivity contribution in [2.75, 3.05) is 39.6 Å². The summed E-state index contributed by atoms with van der Waals surface area (Å²) in [5, 5.41) is 10.6. The van der Waals surface area contributed by atoms with Gasteiger partial charge in [-0.1, -0.05) is 426 Å². The molecule has 0 fully saturated rings. The molecular formula is C88H172O17P2. The number of aliphatic hydroxyl groups is 1. The molecule has 0 aliphatic heterocycles. The SMILES string of the molecule is CCCCCCCCCCCCCCCCCCCCCCCCC(=O)O[C@H](COC(=O)CCCCCCCCCCCCCCCCCCCCCCC)COP(=O)(O)OC[C@@H](O)COP(=O)(O)OC[C@@H](COC(=O)CCCCCCC)OC(=O)CCCCCCCCCCCCCCCCCCC(C)C. The lowest BCUT2D eigenvalue weighted by Gasteiger charge is -2.21. The third-order valence-electron chi connectivity index (χ3n) is 20.8. The average molecular weight is 1560 g/mol. The summed E-state index contributed by atoms with van der Waals surface area (Å²) in [6.07, 6.45) is 75.7. The molecule has 5 atom stereocenters. The third-order valence-corrected chi connectivity index (χ3v) is 22.7. The maximum atomic E-state index is 13.1. The molecule has 107 heavy (non-hydrogen) atoms. The number of esters is 4. The summed E-state index contributed by atoms with van der Waals surface area (Å²) in [6, 6.07) is 0. The van der Waals surface area contributed by atoms with Crippen molar-refractivity contribution in [3.63, 3.8) is 0 Å². The maximum Gasteiger partial charge on any atom is 0.472 e. The third kappa shape index (κ3) is 81.9. The standard InChI is InChI=1S/C88H172O17P2/c1-6-9-12-15-17-19-21-23-25-27-29-31-33-35-37-42-46-50-54-58-64-69-74-88(93)105-84(78-99-86(91)72-67-62-57-53-49-45-41-36-34-32-30-28-26-24-22-20-18-16-13-10-7-2)80-103-107(96,97)101-76-82(89)75-100-106(94,95)102-79-83(77-98-85(90)71-66-60-14-11-8-3)104-87(92)73-68-63-59-55-51-47-43-39-38-40-44-48-52-56-61-65-70-81(4)5/h81-84,89H,6-80H2,1-5H3,(H,94,95)(H,96,97)/t82-,83+,84+/m0/s1. The van der Waals surface area contributed by atoms with Gasteiger partial charge in [0.2, 0.25) is 0 Å². The highest BCUT2D eigenvalue weighted by molar-refractivity contribution is 7.47. The van der Waals surface area contributed by atoms with Crippen LogP contribution in [0.4, 0.5) is 0 Å². The number of rotatable bonds is 88. The molecule has 0 aromatic carbocycles. The number of hydrogen-bond donors (Lipinski definition) is 3. The zero-order valence-corrected chi connectivity index (χ0v) is 72.1. The highest BCUT2D eigenvalue weighted by Crippen LogP contribution is 2.45. The van der Waals surface area contributed by atoms with Crippen LogP contribution >= 0.6 is 15.6 Å². The summed E-state index contributed by atoms with van der Waals surface area (Å²) >= 11 is 0. The highest BCUT2D eigenvalue weighted by Gasteiger charge is 2.30. The van der Waals surface area contributed by atoms with E-state index < -0.39 is 97.5 Å². The summed E-state index contributed by atoms with van der Waals surface area (Å²) in [5.41, 5.74) is 0. The number of ether oxygens (including phenoxy) is 4. The minimum absolute atomic E-state index is 0.108. The summed E-state index contributed by atoms with van der Waals surface area (Å²) in [4.78, 5) is 73.0. The quantitative estimate of drug-likeness (QED) is 0.0222. The lowest BCUT2D eigenvalue weighted by Crippen LogP contribution is -2.30. The Morgan fingerprint density at radius 1 is 0.252 bits per heavy atom. The molecule has 0 aliphatic rings. The van der Waals surface area contributed by atoms with Crippen LogP contribution in [0.3, 0.4) is 0 Å². The predicted molar refractivity (Wildman–Crippen MR) is 442 cm³/mol. The van der Waals surface area contributed by atoms with Crippen LogP contribution in [0.1, 0.15) is 478 Å². The zero-order chi connectivity index (χ0) is 78.3. The second-order valence-corrected chi connectivity index (χ2v) is 35.0. The van der Waals surface area contributed by atoms with Crippen LogP contribution in [-0.4, -0.2) is 96.7 Å². The molecule has 0 aromatic heterocycles. The van der Waals surface area contributed by atoms with Gasteiger partial charge >= 0.3 is 39.5 Å². The number of phosphoric ester groups is 2. The molecule has 0 bridgehead atoms. The van der Waals surface area contributed by atoms with Crippen LogP contribution in [0, 0.1) is 5.92 Å². The van der Waals surface area contributed by atoms with Gasteiger partial charge in [-0.25, -0.2) is 9.13 Å². The molecular weight excluding hydrogens is 1390 g/mol. The van der Waals surface area contributed by atoms with Crippen molar-refractivity contribution in [1.82, 2.24) is 0 Å². The Hall–Kier alpha value is -1.94. The fourth-order valence-electron chi connectivity index (χ4n) is 13.8. The number of carbonyl (C=O) groups excluding carboxylic acids is 4. The fraction of sp³-hybridized carbons (Fsp3) is 0.955. The highest BCUT2D eigenvalue weighted by atomic mass is 31.2. The number of hydrogen-bond acceptors (Lipinski definition) is 15. The topological polar surface area (TPSA) is 237 Å². The van der Waals surface area contributed by atoms with Crippen LogP contribution < -0.4 is 0 Å². The van der Waals surface area contributed by atoms with E-state index in [2.05, 4.69) is 34.6 Å². The first-order valence-corrected chi connectivity index (χ1v) is 48.6. The fourth-order valence-corrected chi connectivity index (χ4v) is 15.4. The van der Waals surface area contributed by atoms with Gasteiger partial charge in [0.05, 0.1) is 26.4 Å². The van der Waals surface area contributed by atoms with Gasteiger partial charge in [-0.3, -0.25) is 37.3 Å². The van der Waals surface area contributed by atoms with E-state index in [0.29, 0.717) is 25.7 Å². The normalized spacial score (nSPS) is 13.7. The van der Waals surface area contributed by atoms with E-state index in [1.165, 1.54) is 295 Å². The van der Waals surface area contributed by atoms with Crippen LogP contribution in [0.15, 0.2) is 0 Å². The molecule has 0 aromatic rings. The van der Waals surface area contributed by atoms with Crippen LogP contribution in [0.25, 0.3) is 0 Å². The van der Waals surface area contributed by atoms with Crippen LogP contribution in [0.5, 0.6) is 0 Å². The molecule has 2 unspecified atom stereocenters. The van der Waals surface area contributed by atoms with Crippen molar-refractivity contribution in [2.24, 2.45) is 5.92 Å².